The summed E-state index contributed by atoms with van der Waals surface area (Å²) in [5.74, 6) is 0.306. The molecule has 3 N–H and O–H groups in total. The summed E-state index contributed by atoms with van der Waals surface area (Å²) in [7, 11) is 0. The number of hydrogen-bond donors (Lipinski definition) is 3. The van der Waals surface area contributed by atoms with Crippen LogP contribution in [0.3, 0.4) is 0 Å². The largest absolute Gasteiger partial charge is 0.341 e. The van der Waals surface area contributed by atoms with Crippen molar-refractivity contribution in [1.82, 2.24) is 20.3 Å². The first-order chi connectivity index (χ1) is 13.2. The Morgan fingerprint density at radius 2 is 1.85 bits per heavy atom. The van der Waals surface area contributed by atoms with Gasteiger partial charge in [0, 0.05) is 11.6 Å². The van der Waals surface area contributed by atoms with Crippen molar-refractivity contribution in [2.75, 3.05) is 5.32 Å². The number of amides is 2. The Morgan fingerprint density at radius 1 is 1.04 bits per heavy atom. The number of hydrogen-bond acceptors (Lipinski definition) is 3. The van der Waals surface area contributed by atoms with Crippen LogP contribution in [0, 0.1) is 5.82 Å². The van der Waals surface area contributed by atoms with Gasteiger partial charge in [-0.05, 0) is 42.0 Å². The first-order valence-corrected chi connectivity index (χ1v) is 8.37. The number of fused-ring (bicyclic) bond motifs is 1. The highest BCUT2D eigenvalue weighted by molar-refractivity contribution is 5.99. The van der Waals surface area contributed by atoms with E-state index < -0.39 is 0 Å². The van der Waals surface area contributed by atoms with Gasteiger partial charge >= 0.3 is 6.03 Å². The molecule has 0 spiro atoms. The van der Waals surface area contributed by atoms with Crippen molar-refractivity contribution in [2.45, 2.75) is 6.54 Å². The third-order valence-electron chi connectivity index (χ3n) is 4.08. The van der Waals surface area contributed by atoms with Crippen LogP contribution >= 0.6 is 0 Å². The molecule has 2 aromatic heterocycles. The van der Waals surface area contributed by atoms with Crippen LogP contribution in [0.4, 0.5) is 14.9 Å². The van der Waals surface area contributed by atoms with Crippen molar-refractivity contribution < 1.29 is 9.18 Å². The van der Waals surface area contributed by atoms with Crippen LogP contribution in [0.1, 0.15) is 5.82 Å². The highest BCUT2D eigenvalue weighted by Gasteiger charge is 2.08. The van der Waals surface area contributed by atoms with Gasteiger partial charge in [-0.15, -0.1) is 0 Å². The van der Waals surface area contributed by atoms with Gasteiger partial charge < -0.3 is 15.6 Å². The first-order valence-electron chi connectivity index (χ1n) is 8.37. The molecule has 2 heterocycles. The molecule has 7 heteroatoms. The van der Waals surface area contributed by atoms with Gasteiger partial charge in [-0.25, -0.2) is 14.2 Å². The molecule has 0 saturated heterocycles. The number of aromatic nitrogens is 3. The molecule has 6 nitrogen and oxygen atoms in total. The SMILES string of the molecule is O=C(NCc1ncc(-c2ccc(F)cc2)[nH]1)Nc1cccc2cccnc12. The van der Waals surface area contributed by atoms with Crippen LogP contribution in [0.5, 0.6) is 0 Å². The fourth-order valence-electron chi connectivity index (χ4n) is 2.76. The molecule has 0 aliphatic carbocycles. The average molecular weight is 361 g/mol. The number of carbonyl (C=O) groups is 1. The molecule has 0 bridgehead atoms. The van der Waals surface area contributed by atoms with Crippen molar-refractivity contribution in [3.8, 4) is 11.3 Å². The predicted molar refractivity (Wildman–Crippen MR) is 102 cm³/mol. The minimum Gasteiger partial charge on any atom is -0.341 e. The van der Waals surface area contributed by atoms with E-state index in [0.29, 0.717) is 11.5 Å². The summed E-state index contributed by atoms with van der Waals surface area (Å²) in [6, 6.07) is 15.1. The molecule has 2 aromatic carbocycles. The number of halogens is 1. The van der Waals surface area contributed by atoms with Gasteiger partial charge in [0.1, 0.15) is 11.6 Å². The number of nitrogens with one attached hydrogen (secondary N) is 3. The minimum absolute atomic E-state index is 0.227. The Morgan fingerprint density at radius 3 is 2.70 bits per heavy atom. The lowest BCUT2D eigenvalue weighted by Crippen LogP contribution is -2.28. The molecule has 134 valence electrons. The monoisotopic (exact) mass is 361 g/mol. The van der Waals surface area contributed by atoms with E-state index in [-0.39, 0.29) is 18.4 Å². The summed E-state index contributed by atoms with van der Waals surface area (Å²) in [5, 5.41) is 6.51. The summed E-state index contributed by atoms with van der Waals surface area (Å²) in [6.45, 7) is 0.227. The third-order valence-corrected chi connectivity index (χ3v) is 4.08. The molecular weight excluding hydrogens is 345 g/mol. The zero-order chi connectivity index (χ0) is 18.6. The highest BCUT2D eigenvalue weighted by Crippen LogP contribution is 2.20. The van der Waals surface area contributed by atoms with Crippen molar-refractivity contribution >= 4 is 22.6 Å². The second-order valence-electron chi connectivity index (χ2n) is 5.94. The molecule has 4 rings (SSSR count). The van der Waals surface area contributed by atoms with E-state index >= 15 is 0 Å². The Balaban J connectivity index is 1.40. The second kappa shape index (κ2) is 7.25. The Hall–Kier alpha value is -3.74. The van der Waals surface area contributed by atoms with E-state index in [2.05, 4.69) is 25.6 Å². The van der Waals surface area contributed by atoms with Gasteiger partial charge in [-0.2, -0.15) is 0 Å². The molecule has 4 aromatic rings. The maximum atomic E-state index is 13.0. The van der Waals surface area contributed by atoms with E-state index in [1.807, 2.05) is 24.3 Å². The Labute approximate surface area is 154 Å². The number of anilines is 1. The first kappa shape index (κ1) is 16.7. The summed E-state index contributed by atoms with van der Waals surface area (Å²) >= 11 is 0. The molecule has 2 amide bonds. The molecule has 0 aliphatic rings. The number of benzene rings is 2. The van der Waals surface area contributed by atoms with Crippen LogP contribution in [-0.2, 0) is 6.54 Å². The lowest BCUT2D eigenvalue weighted by molar-refractivity contribution is 0.251. The van der Waals surface area contributed by atoms with Crippen LogP contribution in [0.25, 0.3) is 22.2 Å². The molecule has 27 heavy (non-hydrogen) atoms. The summed E-state index contributed by atoms with van der Waals surface area (Å²) in [4.78, 5) is 23.9. The zero-order valence-electron chi connectivity index (χ0n) is 14.2. The maximum Gasteiger partial charge on any atom is 0.319 e. The van der Waals surface area contributed by atoms with E-state index in [0.717, 1.165) is 22.2 Å². The number of H-pyrrole nitrogens is 1. The Bertz CT molecular complexity index is 1090. The van der Waals surface area contributed by atoms with E-state index in [1.54, 1.807) is 30.6 Å². The van der Waals surface area contributed by atoms with E-state index in [1.165, 1.54) is 12.1 Å². The molecule has 0 atom stereocenters. The van der Waals surface area contributed by atoms with Crippen LogP contribution in [0.2, 0.25) is 0 Å². The van der Waals surface area contributed by atoms with Crippen molar-refractivity contribution in [1.29, 1.82) is 0 Å². The summed E-state index contributed by atoms with van der Waals surface area (Å²) in [5.41, 5.74) is 2.94. The zero-order valence-corrected chi connectivity index (χ0v) is 14.2. The normalized spacial score (nSPS) is 10.7. The number of carbonyl (C=O) groups excluding carboxylic acids is 1. The van der Waals surface area contributed by atoms with E-state index in [4.69, 9.17) is 0 Å². The van der Waals surface area contributed by atoms with Gasteiger partial charge in [0.15, 0.2) is 0 Å². The Kier molecular flexibility index (Phi) is 4.49. The average Bonchev–Trinajstić information content (AvgIpc) is 3.16. The quantitative estimate of drug-likeness (QED) is 0.512. The number of rotatable bonds is 4. The lowest BCUT2D eigenvalue weighted by atomic mass is 10.2. The van der Waals surface area contributed by atoms with Gasteiger partial charge in [-0.3, -0.25) is 4.98 Å². The number of pyridine rings is 1. The van der Waals surface area contributed by atoms with Crippen LogP contribution in [0.15, 0.2) is 67.0 Å². The number of nitrogens with zero attached hydrogens (tertiary/aromatic N) is 2. The van der Waals surface area contributed by atoms with Gasteiger partial charge in [-0.1, -0.05) is 18.2 Å². The fraction of sp³-hybridized carbons (Fsp3) is 0.0500. The lowest BCUT2D eigenvalue weighted by Gasteiger charge is -2.08. The summed E-state index contributed by atoms with van der Waals surface area (Å²) < 4.78 is 13.0. The number of imidazole rings is 1. The predicted octanol–water partition coefficient (Wildman–Crippen LogP) is 4.09. The summed E-state index contributed by atoms with van der Waals surface area (Å²) in [6.07, 6.45) is 3.34. The highest BCUT2D eigenvalue weighted by atomic mass is 19.1. The standard InChI is InChI=1S/C20H16FN5O/c21-15-8-6-13(7-9-15)17-11-23-18(25-17)12-24-20(27)26-16-5-1-3-14-4-2-10-22-19(14)16/h1-11H,12H2,(H,23,25)(H2,24,26,27). The van der Waals surface area contributed by atoms with Crippen molar-refractivity contribution in [2.24, 2.45) is 0 Å². The minimum atomic E-state index is -0.354. The smallest absolute Gasteiger partial charge is 0.319 e. The van der Waals surface area contributed by atoms with Crippen molar-refractivity contribution in [3.63, 3.8) is 0 Å². The molecule has 0 fully saturated rings. The van der Waals surface area contributed by atoms with Crippen molar-refractivity contribution in [3.05, 3.63) is 78.6 Å². The number of urea groups is 1. The fourth-order valence-corrected chi connectivity index (χ4v) is 2.76. The van der Waals surface area contributed by atoms with Gasteiger partial charge in [0.2, 0.25) is 0 Å². The molecule has 0 saturated carbocycles. The maximum absolute atomic E-state index is 13.0. The van der Waals surface area contributed by atoms with Crippen LogP contribution in [-0.4, -0.2) is 21.0 Å². The molecule has 0 unspecified atom stereocenters. The van der Waals surface area contributed by atoms with Gasteiger partial charge in [0.25, 0.3) is 0 Å². The molecule has 0 aliphatic heterocycles. The van der Waals surface area contributed by atoms with E-state index in [9.17, 15) is 9.18 Å². The number of aromatic amines is 1. The number of para-hydroxylation sites is 1. The molecular formula is C20H16FN5O. The topological polar surface area (TPSA) is 82.7 Å². The second-order valence-corrected chi connectivity index (χ2v) is 5.94. The molecule has 0 radical (unpaired) electrons. The third kappa shape index (κ3) is 3.77. The van der Waals surface area contributed by atoms with Crippen LogP contribution < -0.4 is 10.6 Å². The van der Waals surface area contributed by atoms with Gasteiger partial charge in [0.05, 0.1) is 29.6 Å².